The molecule has 0 radical (unpaired) electrons. The molecule has 33 heavy (non-hydrogen) atoms. The zero-order valence-electron chi connectivity index (χ0n) is 19.3. The number of nitrogens with one attached hydrogen (secondary N) is 1. The number of carbonyl (C=O) groups is 1. The van der Waals surface area contributed by atoms with Crippen LogP contribution in [0.2, 0.25) is 0 Å². The molecule has 1 amide bonds. The van der Waals surface area contributed by atoms with Crippen molar-refractivity contribution >= 4 is 22.9 Å². The summed E-state index contributed by atoms with van der Waals surface area (Å²) in [6.07, 6.45) is 0.201. The highest BCUT2D eigenvalue weighted by atomic mass is 32.1. The summed E-state index contributed by atoms with van der Waals surface area (Å²) in [4.78, 5) is 22.2. The highest BCUT2D eigenvalue weighted by Gasteiger charge is 2.15. The van der Waals surface area contributed by atoms with E-state index in [1.165, 1.54) is 5.56 Å². The fraction of sp³-hybridized carbons (Fsp3) is 0.360. The maximum Gasteiger partial charge on any atom is 0.230 e. The summed E-state index contributed by atoms with van der Waals surface area (Å²) in [5.41, 5.74) is 3.74. The minimum absolute atomic E-state index is 0.140. The molecule has 0 unspecified atom stereocenters. The molecule has 2 aromatic carbocycles. The van der Waals surface area contributed by atoms with E-state index < -0.39 is 0 Å². The van der Waals surface area contributed by atoms with E-state index in [-0.39, 0.29) is 12.3 Å². The third kappa shape index (κ3) is 6.10. The molecule has 1 N–H and O–H groups in total. The van der Waals surface area contributed by atoms with Crippen molar-refractivity contribution in [3.63, 3.8) is 0 Å². The van der Waals surface area contributed by atoms with E-state index in [1.807, 2.05) is 5.38 Å². The van der Waals surface area contributed by atoms with Gasteiger partial charge in [0.05, 0.1) is 32.0 Å². The van der Waals surface area contributed by atoms with Crippen LogP contribution in [0.4, 0.5) is 5.69 Å². The van der Waals surface area contributed by atoms with Crippen molar-refractivity contribution in [3.8, 4) is 22.1 Å². The highest BCUT2D eigenvalue weighted by molar-refractivity contribution is 7.13. The average molecular weight is 467 g/mol. The largest absolute Gasteiger partial charge is 0.497 e. The van der Waals surface area contributed by atoms with Gasteiger partial charge in [0.15, 0.2) is 0 Å². The van der Waals surface area contributed by atoms with Gasteiger partial charge in [0, 0.05) is 49.7 Å². The van der Waals surface area contributed by atoms with Gasteiger partial charge >= 0.3 is 0 Å². The normalized spacial score (nSPS) is 14.8. The van der Waals surface area contributed by atoms with Crippen LogP contribution in [0.1, 0.15) is 11.3 Å². The molecule has 1 aromatic heterocycles. The van der Waals surface area contributed by atoms with E-state index >= 15 is 0 Å². The predicted molar refractivity (Wildman–Crippen MR) is 132 cm³/mol. The summed E-state index contributed by atoms with van der Waals surface area (Å²) >= 11 is 1.57. The summed E-state index contributed by atoms with van der Waals surface area (Å²) in [6.45, 7) is 5.36. The van der Waals surface area contributed by atoms with Crippen molar-refractivity contribution in [2.24, 2.45) is 0 Å². The number of ether oxygens (including phenoxy) is 2. The first-order chi connectivity index (χ1) is 16.0. The van der Waals surface area contributed by atoms with Crippen LogP contribution in [-0.4, -0.2) is 68.1 Å². The number of thiazole rings is 1. The SMILES string of the molecule is COc1ccc(NC(=O)Cc2csc(-c3cccc(CN4CCN(C)CC4)c3)n2)c(OC)c1. The molecule has 0 atom stereocenters. The van der Waals surface area contributed by atoms with Crippen molar-refractivity contribution in [2.75, 3.05) is 52.8 Å². The van der Waals surface area contributed by atoms with Gasteiger partial charge in [-0.2, -0.15) is 0 Å². The van der Waals surface area contributed by atoms with Gasteiger partial charge in [0.25, 0.3) is 0 Å². The Bertz CT molecular complexity index is 1090. The third-order valence-corrected chi connectivity index (χ3v) is 6.69. The van der Waals surface area contributed by atoms with E-state index in [1.54, 1.807) is 43.8 Å². The minimum atomic E-state index is -0.140. The molecule has 4 rings (SSSR count). The summed E-state index contributed by atoms with van der Waals surface area (Å²) in [7, 11) is 5.33. The zero-order valence-corrected chi connectivity index (χ0v) is 20.2. The smallest absolute Gasteiger partial charge is 0.230 e. The van der Waals surface area contributed by atoms with Gasteiger partial charge in [0.1, 0.15) is 16.5 Å². The van der Waals surface area contributed by atoms with Crippen molar-refractivity contribution in [3.05, 3.63) is 59.1 Å². The maximum absolute atomic E-state index is 12.6. The first-order valence-corrected chi connectivity index (χ1v) is 11.9. The molecule has 174 valence electrons. The van der Waals surface area contributed by atoms with Crippen molar-refractivity contribution in [2.45, 2.75) is 13.0 Å². The quantitative estimate of drug-likeness (QED) is 0.545. The lowest BCUT2D eigenvalue weighted by molar-refractivity contribution is -0.115. The molecular formula is C25H30N4O3S. The van der Waals surface area contributed by atoms with Gasteiger partial charge < -0.3 is 19.7 Å². The standard InChI is InChI=1S/C25H30N4O3S/c1-28-9-11-29(12-10-28)16-18-5-4-6-19(13-18)25-26-20(17-33-25)14-24(30)27-22-8-7-21(31-2)15-23(22)32-3/h4-8,13,15,17H,9-12,14,16H2,1-3H3,(H,27,30). The Morgan fingerprint density at radius 3 is 2.67 bits per heavy atom. The Morgan fingerprint density at radius 2 is 1.91 bits per heavy atom. The molecule has 0 bridgehead atoms. The van der Waals surface area contributed by atoms with Crippen LogP contribution in [0.25, 0.3) is 10.6 Å². The Morgan fingerprint density at radius 1 is 1.09 bits per heavy atom. The molecule has 8 heteroatoms. The van der Waals surface area contributed by atoms with Crippen molar-refractivity contribution in [1.29, 1.82) is 0 Å². The van der Waals surface area contributed by atoms with Crippen LogP contribution in [0.5, 0.6) is 11.5 Å². The number of benzene rings is 2. The fourth-order valence-corrected chi connectivity index (χ4v) is 4.67. The van der Waals surface area contributed by atoms with Crippen LogP contribution < -0.4 is 14.8 Å². The van der Waals surface area contributed by atoms with E-state index in [4.69, 9.17) is 14.5 Å². The fourth-order valence-electron chi connectivity index (χ4n) is 3.85. The summed E-state index contributed by atoms with van der Waals surface area (Å²) in [6, 6.07) is 13.9. The lowest BCUT2D eigenvalue weighted by Gasteiger charge is -2.32. The van der Waals surface area contributed by atoms with Crippen LogP contribution in [-0.2, 0) is 17.8 Å². The van der Waals surface area contributed by atoms with Gasteiger partial charge in [-0.05, 0) is 30.8 Å². The van der Waals surface area contributed by atoms with E-state index in [0.717, 1.165) is 49.0 Å². The topological polar surface area (TPSA) is 66.9 Å². The number of nitrogens with zero attached hydrogens (tertiary/aromatic N) is 3. The summed E-state index contributed by atoms with van der Waals surface area (Å²) in [5, 5.41) is 5.79. The number of rotatable bonds is 8. The van der Waals surface area contributed by atoms with E-state index in [0.29, 0.717) is 17.2 Å². The average Bonchev–Trinajstić information content (AvgIpc) is 3.29. The summed E-state index contributed by atoms with van der Waals surface area (Å²) < 4.78 is 10.6. The lowest BCUT2D eigenvalue weighted by atomic mass is 10.1. The molecule has 0 aliphatic carbocycles. The molecule has 1 aliphatic heterocycles. The number of hydrogen-bond acceptors (Lipinski definition) is 7. The van der Waals surface area contributed by atoms with Gasteiger partial charge in [-0.3, -0.25) is 9.69 Å². The van der Waals surface area contributed by atoms with Gasteiger partial charge in [0.2, 0.25) is 5.91 Å². The first kappa shape index (κ1) is 23.2. The number of methoxy groups -OCH3 is 2. The Labute approximate surface area is 199 Å². The molecule has 0 spiro atoms. The van der Waals surface area contributed by atoms with E-state index in [2.05, 4.69) is 46.4 Å². The second-order valence-electron chi connectivity index (χ2n) is 8.21. The molecule has 3 aromatic rings. The number of anilines is 1. The molecule has 1 saturated heterocycles. The Hall–Kier alpha value is -2.94. The monoisotopic (exact) mass is 466 g/mol. The molecular weight excluding hydrogens is 436 g/mol. The number of carbonyl (C=O) groups excluding carboxylic acids is 1. The number of aromatic nitrogens is 1. The van der Waals surface area contributed by atoms with Gasteiger partial charge in [-0.25, -0.2) is 4.98 Å². The Kier molecular flexibility index (Phi) is 7.59. The minimum Gasteiger partial charge on any atom is -0.497 e. The Balaban J connectivity index is 1.38. The van der Waals surface area contributed by atoms with E-state index in [9.17, 15) is 4.79 Å². The van der Waals surface area contributed by atoms with Crippen LogP contribution >= 0.6 is 11.3 Å². The highest BCUT2D eigenvalue weighted by Crippen LogP contribution is 2.29. The van der Waals surface area contributed by atoms with Crippen LogP contribution in [0, 0.1) is 0 Å². The predicted octanol–water partition coefficient (Wildman–Crippen LogP) is 3.76. The van der Waals surface area contributed by atoms with Gasteiger partial charge in [-0.1, -0.05) is 18.2 Å². The summed E-state index contributed by atoms with van der Waals surface area (Å²) in [5.74, 6) is 1.09. The first-order valence-electron chi connectivity index (χ1n) is 11.0. The van der Waals surface area contributed by atoms with Crippen LogP contribution in [0.3, 0.4) is 0 Å². The molecule has 1 fully saturated rings. The maximum atomic E-state index is 12.6. The lowest BCUT2D eigenvalue weighted by Crippen LogP contribution is -2.43. The molecule has 7 nitrogen and oxygen atoms in total. The zero-order chi connectivity index (χ0) is 23.2. The number of hydrogen-bond donors (Lipinski definition) is 1. The van der Waals surface area contributed by atoms with Gasteiger partial charge in [-0.15, -0.1) is 11.3 Å². The number of piperazine rings is 1. The number of amides is 1. The second kappa shape index (κ2) is 10.8. The third-order valence-electron chi connectivity index (χ3n) is 5.75. The molecule has 1 aliphatic rings. The molecule has 0 saturated carbocycles. The van der Waals surface area contributed by atoms with Crippen LogP contribution in [0.15, 0.2) is 47.8 Å². The molecule has 2 heterocycles. The van der Waals surface area contributed by atoms with Crippen molar-refractivity contribution in [1.82, 2.24) is 14.8 Å². The van der Waals surface area contributed by atoms with Crippen molar-refractivity contribution < 1.29 is 14.3 Å². The second-order valence-corrected chi connectivity index (χ2v) is 9.07. The number of likely N-dealkylation sites (N-methyl/N-ethyl adjacent to an activating group) is 1.